The number of allylic oxidation sites excluding steroid dienone is 4. The van der Waals surface area contributed by atoms with E-state index in [1.54, 1.807) is 12.4 Å². The smallest absolute Gasteiger partial charge is 0.237 e. The Bertz CT molecular complexity index is 8710. The summed E-state index contributed by atoms with van der Waals surface area (Å²) in [5, 5.41) is 29.3. The number of fused-ring (bicyclic) bond motifs is 6. The molecule has 0 atom stereocenters. The third-order valence-corrected chi connectivity index (χ3v) is 29.4. The maximum absolute atomic E-state index is 12.6. The van der Waals surface area contributed by atoms with Gasteiger partial charge in [0.25, 0.3) is 0 Å². The molecule has 0 saturated heterocycles. The highest BCUT2D eigenvalue weighted by Crippen LogP contribution is 2.48. The summed E-state index contributed by atoms with van der Waals surface area (Å²) in [5.74, 6) is 10.6. The Morgan fingerprint density at radius 2 is 0.904 bits per heavy atom. The average Bonchev–Trinajstić information content (AvgIpc) is 1.59. The van der Waals surface area contributed by atoms with Crippen LogP contribution in [0.1, 0.15) is 184 Å². The van der Waals surface area contributed by atoms with Crippen molar-refractivity contribution in [1.29, 1.82) is 0 Å². The standard InChI is InChI=1S/C26H23N5O3S.C24H26N4O2.C23H19N3O.C22H25N5O.C21H20N4O/c1-15-23(16(2)34-30-15)18-13-21(20-9-6-12-27-24(20)17-7-4-3-5-8-17)25-22(14-18)28-26(29-25)31-35(32,33)19-10-11-19;1-13-21(14(2)30-28-13)17-10-18(16-8-9-25-20(12-16)29-24(3,4)5)22-19(11-17)26-23(27-22)15-6-7-15;1-13-22(14(2)27-26-13)17-11-20(23-21(12-17)24-15(3)25-23)19-10-6-8-16-7-4-5-9-18(16)19;1-11-9-23-12(2)19(11)17-7-16(20-13(3)27-28-14(20)4)8-18-21(17)26-22(25-18)24-10-15-5-6-15;1-11-8-15(6-7-22-11)17-9-16(19-12(2)25-26-13(19)3)10-18-20(17)24-21(23-18)14-4-5-14/h3-9,12-14,19H,10-11H2,1-2H3,(H2,28,29,31);8-12,15H,6-7H2,1-5H3,(H,26,27);4-12H,1-3H3,(H,24,25);7-8,15H,5-6,9-10H2,1-4H3,(H2,24,25,26);6-10,14,22H,1,4-5H2,2-3H3,(H,23,24). The number of hydrogen-bond acceptors (Lipinski definition) is 23. The third kappa shape index (κ3) is 19.1. The number of rotatable bonds is 20. The van der Waals surface area contributed by atoms with Crippen molar-refractivity contribution >= 4 is 105 Å². The first-order valence-electron chi connectivity index (χ1n) is 49.7. The number of dihydropyridines is 1. The Morgan fingerprint density at radius 3 is 1.42 bits per heavy atom. The molecule has 14 heterocycles. The lowest BCUT2D eigenvalue weighted by Crippen LogP contribution is -2.23. The van der Waals surface area contributed by atoms with Gasteiger partial charge in [0.15, 0.2) is 0 Å². The molecule has 8 aromatic carbocycles. The van der Waals surface area contributed by atoms with E-state index in [-0.39, 0.29) is 16.8 Å². The normalized spacial score (nSPS) is 14.7. The number of aromatic amines is 5. The minimum Gasteiger partial charge on any atom is -0.472 e. The Hall–Kier alpha value is -16.5. The van der Waals surface area contributed by atoms with Crippen LogP contribution in [-0.4, -0.2) is 124 Å². The van der Waals surface area contributed by atoms with Crippen LogP contribution >= 0.6 is 0 Å². The molecule has 4 fully saturated rings. The summed E-state index contributed by atoms with van der Waals surface area (Å²) < 4.78 is 60.9. The molecule has 0 radical (unpaired) electrons. The molecular weight excluding hydrogens is 1850 g/mol. The Morgan fingerprint density at radius 1 is 0.432 bits per heavy atom. The molecule has 12 aromatic heterocycles. The van der Waals surface area contributed by atoms with Gasteiger partial charge in [-0.05, 0) is 314 Å². The second-order valence-electron chi connectivity index (χ2n) is 40.1. The summed E-state index contributed by atoms with van der Waals surface area (Å²) in [7, 11) is -3.46. The van der Waals surface area contributed by atoms with Gasteiger partial charge in [-0.25, -0.2) is 38.3 Å². The van der Waals surface area contributed by atoms with Gasteiger partial charge >= 0.3 is 0 Å². The number of ether oxygens (including phenoxy) is 1. The number of aryl methyl sites for hydroxylation is 11. The lowest BCUT2D eigenvalue weighted by Gasteiger charge is -2.20. The number of nitrogens with one attached hydrogen (secondary N) is 8. The van der Waals surface area contributed by atoms with Crippen molar-refractivity contribution < 1.29 is 35.8 Å². The largest absolute Gasteiger partial charge is 0.472 e. The van der Waals surface area contributed by atoms with Gasteiger partial charge in [0, 0.05) is 127 Å². The van der Waals surface area contributed by atoms with E-state index >= 15 is 0 Å². The van der Waals surface area contributed by atoms with Gasteiger partial charge in [0.1, 0.15) is 51.9 Å². The second-order valence-corrected chi connectivity index (χ2v) is 42.1. The molecule has 146 heavy (non-hydrogen) atoms. The number of anilines is 2. The number of H-pyrrole nitrogens is 5. The predicted octanol–water partition coefficient (Wildman–Crippen LogP) is 27.0. The van der Waals surface area contributed by atoms with Crippen molar-refractivity contribution in [3.63, 3.8) is 0 Å². The Labute approximate surface area is 843 Å². The SMILES string of the molecule is C=C1C=C(c2cc(-c3c(C)noc3C)cc3[nH]c(C4CC4)nc23)C=CN1.CC1=NCC(C)=C1c1cc(-c2c(C)noc2C)cc2[nH]c(NCC3CC3)nc12.Cc1nc2c(-c3cccc4ccccc34)cc(-c3c(C)noc3C)cc2[nH]1.Cc1noc(C)c1-c1cc(-c2cccnc2-c2ccccc2)c2nc(NS(=O)(=O)C3CC3)[nH]c2c1.Cc1noc(C)c1-c1cc(-c2ccnc(OC(C)(C)C)c2)c2nc(C3CC3)[nH]c2c1. The molecule has 26 rings (SSSR count). The quantitative estimate of drug-likeness (QED) is 0.0351. The number of aromatic nitrogens is 17. The van der Waals surface area contributed by atoms with Gasteiger partial charge < -0.3 is 62.9 Å². The van der Waals surface area contributed by atoms with Crippen LogP contribution in [0.25, 0.3) is 177 Å². The molecular formula is C116H113N21O8S. The van der Waals surface area contributed by atoms with Crippen LogP contribution in [0.3, 0.4) is 0 Å². The molecule has 0 spiro atoms. The highest BCUT2D eigenvalue weighted by Gasteiger charge is 2.38. The number of imidazole rings is 5. The van der Waals surface area contributed by atoms with Gasteiger partial charge in [0.05, 0.1) is 101 Å². The minimum atomic E-state index is -3.46. The number of pyridine rings is 2. The van der Waals surface area contributed by atoms with Crippen molar-refractivity contribution in [1.82, 2.24) is 90.9 Å². The van der Waals surface area contributed by atoms with Crippen molar-refractivity contribution in [2.45, 2.75) is 185 Å². The summed E-state index contributed by atoms with van der Waals surface area (Å²) in [6.45, 7) is 37.6. The third-order valence-electron chi connectivity index (χ3n) is 27.5. The molecule has 20 aromatic rings. The molecule has 0 amide bonds. The lowest BCUT2D eigenvalue weighted by atomic mass is 9.93. The fourth-order valence-electron chi connectivity index (χ4n) is 20.0. The second kappa shape index (κ2) is 38.0. The number of nitrogens with zero attached hydrogens (tertiary/aromatic N) is 13. The van der Waals surface area contributed by atoms with E-state index in [1.165, 1.54) is 66.0 Å². The molecule has 8 N–H and O–H groups in total. The van der Waals surface area contributed by atoms with Crippen molar-refractivity contribution in [3.8, 4) is 106 Å². The maximum Gasteiger partial charge on any atom is 0.237 e. The first kappa shape index (κ1) is 94.4. The highest BCUT2D eigenvalue weighted by molar-refractivity contribution is 7.93. The average molecular weight is 1960 g/mol. The number of benzene rings is 8. The summed E-state index contributed by atoms with van der Waals surface area (Å²) >= 11 is 0. The van der Waals surface area contributed by atoms with E-state index in [9.17, 15) is 8.42 Å². The monoisotopic (exact) mass is 1960 g/mol. The zero-order chi connectivity index (χ0) is 101. The maximum atomic E-state index is 12.6. The zero-order valence-corrected chi connectivity index (χ0v) is 85.3. The Balaban J connectivity index is 0.000000104. The van der Waals surface area contributed by atoms with Crippen LogP contribution in [0.5, 0.6) is 5.88 Å². The number of hydrogen-bond donors (Lipinski definition) is 8. The van der Waals surface area contributed by atoms with E-state index < -0.39 is 10.0 Å². The molecule has 736 valence electrons. The summed E-state index contributed by atoms with van der Waals surface area (Å²) in [4.78, 5) is 55.1. The summed E-state index contributed by atoms with van der Waals surface area (Å²) in [6.07, 6.45) is 18.4. The van der Waals surface area contributed by atoms with E-state index in [4.69, 9.17) is 47.3 Å². The van der Waals surface area contributed by atoms with Crippen LogP contribution in [0.4, 0.5) is 11.9 Å². The lowest BCUT2D eigenvalue weighted by molar-refractivity contribution is 0.124. The summed E-state index contributed by atoms with van der Waals surface area (Å²) in [5.41, 5.74) is 39.4. The van der Waals surface area contributed by atoms with Crippen LogP contribution < -0.4 is 20.1 Å². The number of sulfonamides is 1. The predicted molar refractivity (Wildman–Crippen MR) is 576 cm³/mol. The molecule has 2 aliphatic heterocycles. The van der Waals surface area contributed by atoms with Gasteiger partial charge in [-0.3, -0.25) is 14.7 Å². The molecule has 30 heteroatoms. The molecule has 6 aliphatic rings. The fourth-order valence-corrected chi connectivity index (χ4v) is 21.3. The first-order chi connectivity index (χ1) is 70.4. The molecule has 4 saturated carbocycles. The van der Waals surface area contributed by atoms with E-state index in [0.717, 1.165) is 261 Å². The van der Waals surface area contributed by atoms with Gasteiger partial charge in [0.2, 0.25) is 27.8 Å². The minimum absolute atomic E-state index is 0.203. The van der Waals surface area contributed by atoms with Gasteiger partial charge in [-0.1, -0.05) is 111 Å². The van der Waals surface area contributed by atoms with E-state index in [0.29, 0.717) is 47.4 Å². The van der Waals surface area contributed by atoms with Gasteiger partial charge in [-0.15, -0.1) is 0 Å². The first-order valence-corrected chi connectivity index (χ1v) is 51.2. The Kier molecular flexibility index (Phi) is 24.6. The molecule has 0 bridgehead atoms. The molecule has 29 nitrogen and oxygen atoms in total. The van der Waals surface area contributed by atoms with Crippen LogP contribution in [0.15, 0.2) is 234 Å². The zero-order valence-electron chi connectivity index (χ0n) is 84.5. The molecule has 0 unspecified atom stereocenters. The van der Waals surface area contributed by atoms with Crippen molar-refractivity contribution in [2.75, 3.05) is 23.1 Å². The van der Waals surface area contributed by atoms with Crippen molar-refractivity contribution in [2.24, 2.45) is 10.9 Å². The van der Waals surface area contributed by atoms with Crippen LogP contribution in [0, 0.1) is 82.1 Å². The van der Waals surface area contributed by atoms with Crippen LogP contribution in [-0.2, 0) is 10.0 Å². The van der Waals surface area contributed by atoms with E-state index in [1.807, 2.05) is 170 Å². The highest BCUT2D eigenvalue weighted by atomic mass is 32.2. The molecule has 4 aliphatic carbocycles. The fraction of sp³-hybridized carbons (Fsp3) is 0.267. The van der Waals surface area contributed by atoms with Gasteiger partial charge in [-0.2, -0.15) is 0 Å². The number of aliphatic imine (C=N–C) groups is 1. The van der Waals surface area contributed by atoms with Crippen molar-refractivity contribution in [3.05, 3.63) is 292 Å². The van der Waals surface area contributed by atoms with Crippen LogP contribution in [0.2, 0.25) is 0 Å². The van der Waals surface area contributed by atoms with E-state index in [2.05, 4.69) is 210 Å². The summed E-state index contributed by atoms with van der Waals surface area (Å²) in [6, 6.07) is 54.1. The topological polar surface area (TPSA) is 391 Å².